The fourth-order valence-corrected chi connectivity index (χ4v) is 2.95. The molecule has 1 atom stereocenters. The fraction of sp³-hybridized carbons (Fsp3) is 0.375. The van der Waals surface area contributed by atoms with Crippen molar-refractivity contribution in [2.24, 2.45) is 0 Å². The van der Waals surface area contributed by atoms with Gasteiger partial charge in [0.05, 0.1) is 12.5 Å². The Morgan fingerprint density at radius 1 is 1.30 bits per heavy atom. The molecule has 0 spiro atoms. The summed E-state index contributed by atoms with van der Waals surface area (Å²) in [5.74, 6) is 0. The van der Waals surface area contributed by atoms with Crippen LogP contribution in [0.2, 0.25) is 0 Å². The van der Waals surface area contributed by atoms with Gasteiger partial charge < -0.3 is 4.57 Å². The number of carbonyl (C=O) groups excluding carboxylic acids is 1. The molecule has 20 heavy (non-hydrogen) atoms. The number of aromatic nitrogens is 2. The standard InChI is InChI=1S/C16H19N3O/c20-12-16-9-17-13-19(16)15-7-4-8-18(11-15)10-14-5-2-1-3-6-14/h1-3,5-6,9,12-13,15H,4,7-8,10-11H2. The van der Waals surface area contributed by atoms with Crippen molar-refractivity contribution < 1.29 is 4.79 Å². The van der Waals surface area contributed by atoms with E-state index in [2.05, 4.69) is 34.1 Å². The zero-order valence-electron chi connectivity index (χ0n) is 11.5. The Morgan fingerprint density at radius 3 is 2.95 bits per heavy atom. The largest absolute Gasteiger partial charge is 0.324 e. The zero-order valence-corrected chi connectivity index (χ0v) is 11.5. The second-order valence-corrected chi connectivity index (χ2v) is 5.36. The number of nitrogens with zero attached hydrogens (tertiary/aromatic N) is 3. The summed E-state index contributed by atoms with van der Waals surface area (Å²) < 4.78 is 2.02. The first-order chi connectivity index (χ1) is 9.86. The average molecular weight is 269 g/mol. The lowest BCUT2D eigenvalue weighted by Crippen LogP contribution is -2.36. The summed E-state index contributed by atoms with van der Waals surface area (Å²) in [6.45, 7) is 3.07. The summed E-state index contributed by atoms with van der Waals surface area (Å²) in [4.78, 5) is 17.6. The number of benzene rings is 1. The van der Waals surface area contributed by atoms with Crippen LogP contribution >= 0.6 is 0 Å². The molecule has 0 radical (unpaired) electrons. The molecule has 0 N–H and O–H groups in total. The zero-order chi connectivity index (χ0) is 13.8. The number of likely N-dealkylation sites (tertiary alicyclic amines) is 1. The van der Waals surface area contributed by atoms with Crippen LogP contribution in [0, 0.1) is 0 Å². The highest BCUT2D eigenvalue weighted by atomic mass is 16.1. The number of piperidine rings is 1. The van der Waals surface area contributed by atoms with Gasteiger partial charge in [0, 0.05) is 19.1 Å². The summed E-state index contributed by atoms with van der Waals surface area (Å²) in [5, 5.41) is 0. The van der Waals surface area contributed by atoms with E-state index in [1.54, 1.807) is 12.5 Å². The molecule has 0 amide bonds. The summed E-state index contributed by atoms with van der Waals surface area (Å²) in [6, 6.07) is 10.9. The van der Waals surface area contributed by atoms with Crippen LogP contribution in [0.1, 0.15) is 34.9 Å². The third kappa shape index (κ3) is 2.80. The molecule has 1 aliphatic rings. The molecule has 104 valence electrons. The Bertz CT molecular complexity index is 564. The molecule has 1 aromatic carbocycles. The van der Waals surface area contributed by atoms with E-state index in [0.717, 1.165) is 38.8 Å². The molecule has 0 aliphatic carbocycles. The van der Waals surface area contributed by atoms with E-state index < -0.39 is 0 Å². The molecule has 0 saturated carbocycles. The lowest BCUT2D eigenvalue weighted by Gasteiger charge is -2.33. The maximum atomic E-state index is 11.0. The minimum atomic E-state index is 0.357. The summed E-state index contributed by atoms with van der Waals surface area (Å²) >= 11 is 0. The molecular formula is C16H19N3O. The van der Waals surface area contributed by atoms with Crippen molar-refractivity contribution in [3.8, 4) is 0 Å². The minimum absolute atomic E-state index is 0.357. The number of rotatable bonds is 4. The maximum Gasteiger partial charge on any atom is 0.168 e. The average Bonchev–Trinajstić information content (AvgIpc) is 2.97. The van der Waals surface area contributed by atoms with Crippen molar-refractivity contribution in [2.75, 3.05) is 13.1 Å². The van der Waals surface area contributed by atoms with Gasteiger partial charge in [0.2, 0.25) is 0 Å². The lowest BCUT2D eigenvalue weighted by atomic mass is 10.0. The van der Waals surface area contributed by atoms with Crippen LogP contribution in [0.25, 0.3) is 0 Å². The quantitative estimate of drug-likeness (QED) is 0.801. The molecule has 1 aliphatic heterocycles. The smallest absolute Gasteiger partial charge is 0.168 e. The normalized spacial score (nSPS) is 19.9. The van der Waals surface area contributed by atoms with Gasteiger partial charge in [-0.15, -0.1) is 0 Å². The molecule has 2 aromatic rings. The van der Waals surface area contributed by atoms with Crippen LogP contribution in [0.15, 0.2) is 42.9 Å². The van der Waals surface area contributed by atoms with Gasteiger partial charge >= 0.3 is 0 Å². The predicted octanol–water partition coefficient (Wildman–Crippen LogP) is 2.53. The fourth-order valence-electron chi connectivity index (χ4n) is 2.95. The van der Waals surface area contributed by atoms with E-state index in [1.807, 2.05) is 10.6 Å². The van der Waals surface area contributed by atoms with Gasteiger partial charge in [-0.3, -0.25) is 9.69 Å². The molecule has 1 aromatic heterocycles. The van der Waals surface area contributed by atoms with Gasteiger partial charge in [-0.1, -0.05) is 30.3 Å². The maximum absolute atomic E-state index is 11.0. The second kappa shape index (κ2) is 6.01. The van der Waals surface area contributed by atoms with Crippen molar-refractivity contribution in [1.29, 1.82) is 0 Å². The minimum Gasteiger partial charge on any atom is -0.324 e. The van der Waals surface area contributed by atoms with Gasteiger partial charge in [0.1, 0.15) is 5.69 Å². The molecular weight excluding hydrogens is 250 g/mol. The van der Waals surface area contributed by atoms with Gasteiger partial charge in [-0.2, -0.15) is 0 Å². The second-order valence-electron chi connectivity index (χ2n) is 5.36. The van der Waals surface area contributed by atoms with Crippen LogP contribution < -0.4 is 0 Å². The Balaban J connectivity index is 1.69. The first-order valence-electron chi connectivity index (χ1n) is 7.10. The number of hydrogen-bond acceptors (Lipinski definition) is 3. The lowest BCUT2D eigenvalue weighted by molar-refractivity contribution is 0.110. The Morgan fingerprint density at radius 2 is 2.15 bits per heavy atom. The highest BCUT2D eigenvalue weighted by Gasteiger charge is 2.22. The number of aldehydes is 1. The van der Waals surface area contributed by atoms with Gasteiger partial charge in [-0.05, 0) is 24.9 Å². The molecule has 1 saturated heterocycles. The highest BCUT2D eigenvalue weighted by Crippen LogP contribution is 2.23. The van der Waals surface area contributed by atoms with Crippen molar-refractivity contribution in [2.45, 2.75) is 25.4 Å². The van der Waals surface area contributed by atoms with E-state index in [-0.39, 0.29) is 0 Å². The Kier molecular flexibility index (Phi) is 3.92. The molecule has 3 rings (SSSR count). The monoisotopic (exact) mass is 269 g/mol. The number of hydrogen-bond donors (Lipinski definition) is 0. The highest BCUT2D eigenvalue weighted by molar-refractivity contribution is 5.71. The van der Waals surface area contributed by atoms with Crippen LogP contribution in [-0.4, -0.2) is 33.8 Å². The molecule has 4 nitrogen and oxygen atoms in total. The van der Waals surface area contributed by atoms with E-state index in [4.69, 9.17) is 0 Å². The van der Waals surface area contributed by atoms with Crippen molar-refractivity contribution in [3.05, 3.63) is 54.1 Å². The summed E-state index contributed by atoms with van der Waals surface area (Å²) in [5.41, 5.74) is 2.02. The third-order valence-corrected chi connectivity index (χ3v) is 3.94. The SMILES string of the molecule is O=Cc1cncn1C1CCCN(Cc2ccccc2)C1. The van der Waals surface area contributed by atoms with Crippen molar-refractivity contribution in [3.63, 3.8) is 0 Å². The van der Waals surface area contributed by atoms with Crippen LogP contribution in [0.4, 0.5) is 0 Å². The molecule has 4 heteroatoms. The summed E-state index contributed by atoms with van der Waals surface area (Å²) in [6.07, 6.45) is 6.59. The van der Waals surface area contributed by atoms with E-state index >= 15 is 0 Å². The first-order valence-corrected chi connectivity index (χ1v) is 7.10. The molecule has 1 unspecified atom stereocenters. The van der Waals surface area contributed by atoms with Gasteiger partial charge in [0.25, 0.3) is 0 Å². The van der Waals surface area contributed by atoms with Gasteiger partial charge in [-0.25, -0.2) is 4.98 Å². The van der Waals surface area contributed by atoms with Gasteiger partial charge in [0.15, 0.2) is 6.29 Å². The van der Waals surface area contributed by atoms with Crippen LogP contribution in [-0.2, 0) is 6.54 Å². The van der Waals surface area contributed by atoms with E-state index in [0.29, 0.717) is 11.7 Å². The Labute approximate surface area is 119 Å². The van der Waals surface area contributed by atoms with Crippen LogP contribution in [0.5, 0.6) is 0 Å². The van der Waals surface area contributed by atoms with Crippen molar-refractivity contribution >= 4 is 6.29 Å². The molecule has 0 bridgehead atoms. The van der Waals surface area contributed by atoms with E-state index in [1.165, 1.54) is 5.56 Å². The number of imidazole rings is 1. The summed E-state index contributed by atoms with van der Waals surface area (Å²) in [7, 11) is 0. The van der Waals surface area contributed by atoms with Crippen molar-refractivity contribution in [1.82, 2.24) is 14.5 Å². The topological polar surface area (TPSA) is 38.1 Å². The molecule has 1 fully saturated rings. The molecule has 2 heterocycles. The predicted molar refractivity (Wildman–Crippen MR) is 77.6 cm³/mol. The Hall–Kier alpha value is -1.94. The first kappa shape index (κ1) is 13.1. The number of carbonyl (C=O) groups is 1. The van der Waals surface area contributed by atoms with Crippen LogP contribution in [0.3, 0.4) is 0 Å². The van der Waals surface area contributed by atoms with E-state index in [9.17, 15) is 4.79 Å². The third-order valence-electron chi connectivity index (χ3n) is 3.94.